The maximum atomic E-state index is 5.02. The molecule has 0 aromatic carbocycles. The maximum absolute atomic E-state index is 5.02. The molecule has 0 nitrogen and oxygen atoms in total. The molecule has 31 valence electrons. The summed E-state index contributed by atoms with van der Waals surface area (Å²) in [7, 11) is 0. The molecule has 0 N–H and O–H groups in total. The van der Waals surface area contributed by atoms with E-state index in [1.807, 2.05) is 0 Å². The van der Waals surface area contributed by atoms with E-state index in [0.717, 1.165) is 0 Å². The van der Waals surface area contributed by atoms with E-state index in [1.54, 1.807) is 0 Å². The summed E-state index contributed by atoms with van der Waals surface area (Å²) in [4.78, 5) is 0. The van der Waals surface area contributed by atoms with Gasteiger partial charge in [-0.15, -0.1) is 0 Å². The molecule has 5 heteroatoms. The summed E-state index contributed by atoms with van der Waals surface area (Å²) in [6.07, 6.45) is 0. The van der Waals surface area contributed by atoms with Crippen molar-refractivity contribution in [1.82, 2.24) is 0 Å². The van der Waals surface area contributed by atoms with Gasteiger partial charge < -0.3 is 0 Å². The summed E-state index contributed by atoms with van der Waals surface area (Å²) in [5, 5.41) is 0. The zero-order chi connectivity index (χ0) is 3.58. The van der Waals surface area contributed by atoms with Gasteiger partial charge in [0.25, 0.3) is 0 Å². The van der Waals surface area contributed by atoms with Crippen LogP contribution in [0.2, 0.25) is 0 Å². The fourth-order valence-corrected chi connectivity index (χ4v) is 0. The van der Waals surface area contributed by atoms with Crippen LogP contribution in [0.25, 0.3) is 0 Å². The van der Waals surface area contributed by atoms with Crippen LogP contribution in [0, 0.1) is 30.7 Å². The average molecular weight is 342 g/mol. The zero-order valence-electron chi connectivity index (χ0n) is 2.04. The Morgan fingerprint density at radius 3 is 1.00 bits per heavy atom. The van der Waals surface area contributed by atoms with Crippen LogP contribution in [0.5, 0.6) is 0 Å². The topological polar surface area (TPSA) is 0 Å². The molecule has 0 heterocycles. The number of hydrogen-bond donors (Lipinski definition) is 0. The molecule has 0 saturated carbocycles. The smallest absolute Gasteiger partial charge is 0 e. The SMILES string of the molecule is [Cl][Ce]([Cl])[Cl].[Mo]. The van der Waals surface area contributed by atoms with Gasteiger partial charge in [0.1, 0.15) is 0 Å². The molecule has 0 fully saturated rings. The van der Waals surface area contributed by atoms with Gasteiger partial charge in [0.05, 0.1) is 0 Å². The van der Waals surface area contributed by atoms with Crippen molar-refractivity contribution in [1.29, 1.82) is 0 Å². The predicted octanol–water partition coefficient (Wildman–Crippen LogP) is 2.07. The summed E-state index contributed by atoms with van der Waals surface area (Å²) in [6, 6.07) is 0. The van der Waals surface area contributed by atoms with Crippen LogP contribution >= 0.6 is 16.9 Å². The fraction of sp³-hybridized carbons (Fsp3) is 0. The van der Waals surface area contributed by atoms with Gasteiger partial charge in [0.2, 0.25) is 0 Å². The van der Waals surface area contributed by atoms with Crippen molar-refractivity contribution in [2.45, 2.75) is 0 Å². The molecule has 0 aliphatic heterocycles. The van der Waals surface area contributed by atoms with Gasteiger partial charge >= 0.3 is 47.6 Å². The first-order valence-corrected chi connectivity index (χ1v) is 12.4. The summed E-state index contributed by atoms with van der Waals surface area (Å²) < 4.78 is 0. The monoisotopic (exact) mass is 343 g/mol. The van der Waals surface area contributed by atoms with E-state index in [-0.39, 0.29) is 21.1 Å². The number of rotatable bonds is 0. The Balaban J connectivity index is 0. The number of hydrogen-bond acceptors (Lipinski definition) is 0. The second-order valence-corrected chi connectivity index (χ2v) is 14.0. The molecule has 0 aliphatic rings. The molecule has 5 heavy (non-hydrogen) atoms. The molecule has 0 aliphatic carbocycles. The van der Waals surface area contributed by atoms with Crippen LogP contribution in [0.3, 0.4) is 0 Å². The molecule has 0 radical (unpaired) electrons. The second-order valence-electron chi connectivity index (χ2n) is 0.214. The minimum Gasteiger partial charge on any atom is 0 e. The van der Waals surface area contributed by atoms with E-state index in [9.17, 15) is 0 Å². The van der Waals surface area contributed by atoms with Crippen molar-refractivity contribution >= 4 is 16.9 Å². The molecular formula is CeCl3Mo. The van der Waals surface area contributed by atoms with Crippen molar-refractivity contribution in [3.8, 4) is 0 Å². The molecule has 0 rings (SSSR count). The van der Waals surface area contributed by atoms with Gasteiger partial charge in [-0.05, 0) is 0 Å². The molecule has 0 saturated heterocycles. The minimum atomic E-state index is -2.24. The Hall–Kier alpha value is 2.93. The van der Waals surface area contributed by atoms with Crippen LogP contribution in [-0.4, -0.2) is 0 Å². The summed E-state index contributed by atoms with van der Waals surface area (Å²) in [5.41, 5.74) is 15.1. The van der Waals surface area contributed by atoms with E-state index in [0.29, 0.717) is 0 Å². The van der Waals surface area contributed by atoms with Gasteiger partial charge in [0.15, 0.2) is 0 Å². The average Bonchev–Trinajstić information content (AvgIpc) is 0.811. The van der Waals surface area contributed by atoms with Crippen LogP contribution in [0.1, 0.15) is 0 Å². The van der Waals surface area contributed by atoms with Crippen molar-refractivity contribution < 1.29 is 51.7 Å². The van der Waals surface area contributed by atoms with E-state index in [1.165, 1.54) is 0 Å². The van der Waals surface area contributed by atoms with Crippen molar-refractivity contribution in [2.75, 3.05) is 0 Å². The molecule has 0 bridgehead atoms. The quantitative estimate of drug-likeness (QED) is 0.591. The molecule has 0 unspecified atom stereocenters. The first-order valence-electron chi connectivity index (χ1n) is 0.567. The summed E-state index contributed by atoms with van der Waals surface area (Å²) in [6.45, 7) is 0. The maximum Gasteiger partial charge on any atom is 0 e. The first kappa shape index (κ1) is 10.8. The summed E-state index contributed by atoms with van der Waals surface area (Å²) in [5.74, 6) is 0. The van der Waals surface area contributed by atoms with Crippen LogP contribution in [-0.2, 0) is 21.1 Å². The summed E-state index contributed by atoms with van der Waals surface area (Å²) >= 11 is -2.24. The third-order valence-electron chi connectivity index (χ3n) is 0. The normalized spacial score (nSPS) is 5.40. The van der Waals surface area contributed by atoms with Crippen LogP contribution in [0.4, 0.5) is 0 Å². The molecule has 0 atom stereocenters. The van der Waals surface area contributed by atoms with Crippen molar-refractivity contribution in [2.24, 2.45) is 0 Å². The molecular weight excluding hydrogens is 342 g/mol. The van der Waals surface area contributed by atoms with Gasteiger partial charge in [-0.3, -0.25) is 0 Å². The Morgan fingerprint density at radius 2 is 1.00 bits per heavy atom. The molecule has 0 aromatic rings. The molecule has 0 amide bonds. The van der Waals surface area contributed by atoms with E-state index < -0.39 is 30.7 Å². The van der Waals surface area contributed by atoms with Gasteiger partial charge in [-0.1, -0.05) is 0 Å². The van der Waals surface area contributed by atoms with E-state index in [4.69, 9.17) is 16.9 Å². The predicted molar refractivity (Wildman–Crippen MR) is 17.6 cm³/mol. The zero-order valence-corrected chi connectivity index (χ0v) is 9.46. The van der Waals surface area contributed by atoms with Gasteiger partial charge in [-0.2, -0.15) is 0 Å². The van der Waals surface area contributed by atoms with E-state index >= 15 is 0 Å². The second kappa shape index (κ2) is 6.93. The Bertz CT molecular complexity index is 11.6. The Labute approximate surface area is 66.7 Å². The van der Waals surface area contributed by atoms with Crippen LogP contribution in [0.15, 0.2) is 0 Å². The molecule has 0 aromatic heterocycles. The standard InChI is InChI=1S/Ce.3ClH.Mo/h;3*1H;/q+3;;;;/p-3. The van der Waals surface area contributed by atoms with Crippen LogP contribution < -0.4 is 0 Å². The number of halogens is 3. The Kier molecular flexibility index (Phi) is 15.0. The first-order chi connectivity index (χ1) is 1.73. The van der Waals surface area contributed by atoms with E-state index in [2.05, 4.69) is 0 Å². The Morgan fingerprint density at radius 1 is 1.00 bits per heavy atom. The van der Waals surface area contributed by atoms with Crippen molar-refractivity contribution in [3.63, 3.8) is 0 Å². The largest absolute Gasteiger partial charge is 0 e. The minimum absolute atomic E-state index is 0. The van der Waals surface area contributed by atoms with Gasteiger partial charge in [0, 0.05) is 21.1 Å². The fourth-order valence-electron chi connectivity index (χ4n) is 0. The van der Waals surface area contributed by atoms with Crippen molar-refractivity contribution in [3.05, 3.63) is 0 Å². The molecule has 0 spiro atoms. The third kappa shape index (κ3) is 19.6. The third-order valence-corrected chi connectivity index (χ3v) is 0. The van der Waals surface area contributed by atoms with Gasteiger partial charge in [-0.25, -0.2) is 0 Å².